The highest BCUT2D eigenvalue weighted by atomic mass is 16.2. The summed E-state index contributed by atoms with van der Waals surface area (Å²) in [6.45, 7) is 6.39. The molecule has 6 nitrogen and oxygen atoms in total. The first kappa shape index (κ1) is 21.8. The second-order valence-electron chi connectivity index (χ2n) is 8.51. The van der Waals surface area contributed by atoms with Gasteiger partial charge in [0.05, 0.1) is 18.4 Å². The van der Waals surface area contributed by atoms with Crippen molar-refractivity contribution in [2.75, 3.05) is 26.2 Å². The molecule has 2 amide bonds. The average Bonchev–Trinajstić information content (AvgIpc) is 3.30. The fourth-order valence-electron chi connectivity index (χ4n) is 4.36. The number of nitrogens with zero attached hydrogens (tertiary/aromatic N) is 3. The number of nitrogens with one attached hydrogen (secondary N) is 1. The highest BCUT2D eigenvalue weighted by molar-refractivity contribution is 5.93. The van der Waals surface area contributed by atoms with Gasteiger partial charge in [-0.2, -0.15) is 0 Å². The number of aromatic amines is 1. The van der Waals surface area contributed by atoms with Crippen LogP contribution < -0.4 is 0 Å². The first-order chi connectivity index (χ1) is 15.5. The van der Waals surface area contributed by atoms with E-state index in [4.69, 9.17) is 0 Å². The number of carbonyl (C=O) groups is 2. The Labute approximate surface area is 189 Å². The standard InChI is InChI=1S/C26H30N4O2/c1-3-11-29-12-13-30(26(32)24-16-27-18-28-24)17-23(25(29)31)15-20-7-9-21(10-8-20)22-6-4-5-19(2)14-22/h4-10,14,16,18,23H,3,11-13,15,17H2,1-2H3,(H,27,28)/t23-/m0/s1. The maximum Gasteiger partial charge on any atom is 0.271 e. The Balaban J connectivity index is 1.53. The van der Waals surface area contributed by atoms with E-state index in [1.54, 1.807) is 4.90 Å². The molecule has 1 aromatic heterocycles. The summed E-state index contributed by atoms with van der Waals surface area (Å²) in [7, 11) is 0. The van der Waals surface area contributed by atoms with Gasteiger partial charge in [0.15, 0.2) is 0 Å². The first-order valence-corrected chi connectivity index (χ1v) is 11.3. The molecular weight excluding hydrogens is 400 g/mol. The SMILES string of the molecule is CCCN1CCN(C(=O)c2cnc[nH]2)C[C@H](Cc2ccc(-c3cccc(C)c3)cc2)C1=O. The van der Waals surface area contributed by atoms with E-state index in [2.05, 4.69) is 72.3 Å². The largest absolute Gasteiger partial charge is 0.341 e. The Morgan fingerprint density at radius 1 is 1.12 bits per heavy atom. The smallest absolute Gasteiger partial charge is 0.271 e. The van der Waals surface area contributed by atoms with Crippen molar-refractivity contribution < 1.29 is 9.59 Å². The predicted molar refractivity (Wildman–Crippen MR) is 125 cm³/mol. The normalized spacial score (nSPS) is 16.8. The van der Waals surface area contributed by atoms with Crippen molar-refractivity contribution >= 4 is 11.8 Å². The Bertz CT molecular complexity index is 1060. The molecule has 1 aliphatic rings. The number of imidazole rings is 1. The Hall–Kier alpha value is -3.41. The van der Waals surface area contributed by atoms with E-state index in [-0.39, 0.29) is 17.7 Å². The average molecular weight is 431 g/mol. The van der Waals surface area contributed by atoms with Crippen LogP contribution in [0.3, 0.4) is 0 Å². The minimum Gasteiger partial charge on any atom is -0.341 e. The van der Waals surface area contributed by atoms with Gasteiger partial charge in [0.25, 0.3) is 5.91 Å². The molecule has 1 N–H and O–H groups in total. The summed E-state index contributed by atoms with van der Waals surface area (Å²) in [4.78, 5) is 36.8. The summed E-state index contributed by atoms with van der Waals surface area (Å²) in [6.07, 6.45) is 4.56. The van der Waals surface area contributed by atoms with Crippen molar-refractivity contribution in [1.29, 1.82) is 0 Å². The van der Waals surface area contributed by atoms with Crippen LogP contribution in [0.1, 0.15) is 35.0 Å². The molecular formula is C26H30N4O2. The van der Waals surface area contributed by atoms with Crippen LogP contribution >= 0.6 is 0 Å². The van der Waals surface area contributed by atoms with E-state index in [9.17, 15) is 9.59 Å². The lowest BCUT2D eigenvalue weighted by Crippen LogP contribution is -2.38. The van der Waals surface area contributed by atoms with E-state index in [1.165, 1.54) is 23.7 Å². The van der Waals surface area contributed by atoms with Gasteiger partial charge >= 0.3 is 0 Å². The molecule has 1 saturated heterocycles. The monoisotopic (exact) mass is 430 g/mol. The van der Waals surface area contributed by atoms with E-state index in [1.807, 2.05) is 4.90 Å². The van der Waals surface area contributed by atoms with Crippen molar-refractivity contribution in [1.82, 2.24) is 19.8 Å². The minimum atomic E-state index is -0.263. The van der Waals surface area contributed by atoms with Crippen molar-refractivity contribution in [3.63, 3.8) is 0 Å². The van der Waals surface area contributed by atoms with Crippen molar-refractivity contribution in [3.8, 4) is 11.1 Å². The van der Waals surface area contributed by atoms with Gasteiger partial charge in [0.1, 0.15) is 5.69 Å². The first-order valence-electron chi connectivity index (χ1n) is 11.3. The fraction of sp³-hybridized carbons (Fsp3) is 0.346. The van der Waals surface area contributed by atoms with Crippen LogP contribution in [0.15, 0.2) is 61.1 Å². The zero-order valence-corrected chi connectivity index (χ0v) is 18.8. The molecule has 1 fully saturated rings. The van der Waals surface area contributed by atoms with Crippen molar-refractivity contribution in [3.05, 3.63) is 77.9 Å². The van der Waals surface area contributed by atoms with Crippen LogP contribution in [0.25, 0.3) is 11.1 Å². The molecule has 0 radical (unpaired) electrons. The Morgan fingerprint density at radius 3 is 2.62 bits per heavy atom. The molecule has 0 bridgehead atoms. The van der Waals surface area contributed by atoms with Gasteiger partial charge in [0.2, 0.25) is 5.91 Å². The summed E-state index contributed by atoms with van der Waals surface area (Å²) in [5, 5.41) is 0. The molecule has 0 spiro atoms. The van der Waals surface area contributed by atoms with E-state index in [0.29, 0.717) is 38.3 Å². The van der Waals surface area contributed by atoms with E-state index >= 15 is 0 Å². The van der Waals surface area contributed by atoms with Crippen LogP contribution in [0.2, 0.25) is 0 Å². The maximum atomic E-state index is 13.3. The Morgan fingerprint density at radius 2 is 1.94 bits per heavy atom. The van der Waals surface area contributed by atoms with Gasteiger partial charge in [0, 0.05) is 26.2 Å². The third-order valence-electron chi connectivity index (χ3n) is 6.04. The highest BCUT2D eigenvalue weighted by Crippen LogP contribution is 2.23. The van der Waals surface area contributed by atoms with E-state index in [0.717, 1.165) is 17.5 Å². The van der Waals surface area contributed by atoms with Crippen molar-refractivity contribution in [2.45, 2.75) is 26.7 Å². The molecule has 4 rings (SSSR count). The summed E-state index contributed by atoms with van der Waals surface area (Å²) >= 11 is 0. The molecule has 2 heterocycles. The summed E-state index contributed by atoms with van der Waals surface area (Å²) < 4.78 is 0. The number of carbonyl (C=O) groups excluding carboxylic acids is 2. The van der Waals surface area contributed by atoms with Crippen molar-refractivity contribution in [2.24, 2.45) is 5.92 Å². The summed E-state index contributed by atoms with van der Waals surface area (Å²) in [5.41, 5.74) is 5.14. The fourth-order valence-corrected chi connectivity index (χ4v) is 4.36. The zero-order valence-electron chi connectivity index (χ0n) is 18.8. The van der Waals surface area contributed by atoms with Gasteiger partial charge in [-0.25, -0.2) is 4.98 Å². The lowest BCUT2D eigenvalue weighted by Gasteiger charge is -2.23. The van der Waals surface area contributed by atoms with Crippen LogP contribution in [0.4, 0.5) is 0 Å². The summed E-state index contributed by atoms with van der Waals surface area (Å²) in [5.74, 6) is -0.233. The van der Waals surface area contributed by atoms with Crippen LogP contribution in [0.5, 0.6) is 0 Å². The number of rotatable bonds is 6. The van der Waals surface area contributed by atoms with Crippen LogP contribution in [-0.2, 0) is 11.2 Å². The third kappa shape index (κ3) is 4.90. The summed E-state index contributed by atoms with van der Waals surface area (Å²) in [6, 6.07) is 16.9. The lowest BCUT2D eigenvalue weighted by atomic mass is 9.95. The number of H-pyrrole nitrogens is 1. The molecule has 32 heavy (non-hydrogen) atoms. The molecule has 2 aromatic carbocycles. The predicted octanol–water partition coefficient (Wildman–Crippen LogP) is 3.94. The molecule has 3 aromatic rings. The molecule has 1 atom stereocenters. The number of aryl methyl sites for hydroxylation is 1. The molecule has 0 saturated carbocycles. The van der Waals surface area contributed by atoms with E-state index < -0.39 is 0 Å². The highest BCUT2D eigenvalue weighted by Gasteiger charge is 2.32. The molecule has 166 valence electrons. The number of hydrogen-bond acceptors (Lipinski definition) is 3. The number of aromatic nitrogens is 2. The Kier molecular flexibility index (Phi) is 6.69. The van der Waals surface area contributed by atoms with Crippen LogP contribution in [-0.4, -0.2) is 57.8 Å². The number of amides is 2. The van der Waals surface area contributed by atoms with Gasteiger partial charge in [-0.05, 0) is 36.5 Å². The lowest BCUT2D eigenvalue weighted by molar-refractivity contribution is -0.134. The zero-order chi connectivity index (χ0) is 22.5. The molecule has 1 aliphatic heterocycles. The van der Waals surface area contributed by atoms with Gasteiger partial charge in [-0.1, -0.05) is 61.0 Å². The third-order valence-corrected chi connectivity index (χ3v) is 6.04. The second kappa shape index (κ2) is 9.81. The van der Waals surface area contributed by atoms with Gasteiger partial charge < -0.3 is 14.8 Å². The number of hydrogen-bond donors (Lipinski definition) is 1. The molecule has 0 unspecified atom stereocenters. The second-order valence-corrected chi connectivity index (χ2v) is 8.51. The molecule has 6 heteroatoms. The quantitative estimate of drug-likeness (QED) is 0.644. The molecule has 0 aliphatic carbocycles. The topological polar surface area (TPSA) is 69.3 Å². The minimum absolute atomic E-state index is 0.103. The number of benzene rings is 2. The van der Waals surface area contributed by atoms with Gasteiger partial charge in [-0.3, -0.25) is 9.59 Å². The maximum absolute atomic E-state index is 13.3. The van der Waals surface area contributed by atoms with Gasteiger partial charge in [-0.15, -0.1) is 0 Å². The van der Waals surface area contributed by atoms with Crippen LogP contribution in [0, 0.1) is 12.8 Å².